The number of hydrogen-bond acceptors (Lipinski definition) is 3. The third-order valence-electron chi connectivity index (χ3n) is 4.15. The van der Waals surface area contributed by atoms with Crippen molar-refractivity contribution in [2.45, 2.75) is 45.6 Å². The molecule has 126 valence electrons. The number of nitrogens with one attached hydrogen (secondary N) is 1. The summed E-state index contributed by atoms with van der Waals surface area (Å²) < 4.78 is 5.13. The molecule has 1 amide bonds. The molecule has 0 saturated heterocycles. The fraction of sp³-hybridized carbons (Fsp3) is 0.588. The van der Waals surface area contributed by atoms with Gasteiger partial charge in [0.05, 0.1) is 12.6 Å². The van der Waals surface area contributed by atoms with Gasteiger partial charge in [0.25, 0.3) is 0 Å². The lowest BCUT2D eigenvalue weighted by atomic mass is 9.88. The molecule has 1 atom stereocenters. The summed E-state index contributed by atoms with van der Waals surface area (Å²) >= 11 is 0. The van der Waals surface area contributed by atoms with E-state index < -0.39 is 0 Å². The fourth-order valence-corrected chi connectivity index (χ4v) is 2.06. The van der Waals surface area contributed by atoms with Crippen molar-refractivity contribution in [2.75, 3.05) is 13.7 Å². The van der Waals surface area contributed by atoms with E-state index in [1.54, 1.807) is 7.11 Å². The molecule has 0 spiro atoms. The molecule has 1 aromatic rings. The summed E-state index contributed by atoms with van der Waals surface area (Å²) in [5, 5.41) is 3.06. The lowest BCUT2D eigenvalue weighted by Crippen LogP contribution is -2.54. The number of nitrogens with two attached hydrogens (primary N) is 1. The second kappa shape index (κ2) is 9.70. The van der Waals surface area contributed by atoms with Crippen LogP contribution < -0.4 is 15.8 Å². The van der Waals surface area contributed by atoms with Crippen LogP contribution in [0.4, 0.5) is 0 Å². The van der Waals surface area contributed by atoms with Gasteiger partial charge in [0.2, 0.25) is 5.91 Å². The van der Waals surface area contributed by atoms with Gasteiger partial charge in [0, 0.05) is 13.0 Å². The van der Waals surface area contributed by atoms with Crippen molar-refractivity contribution < 1.29 is 9.53 Å². The van der Waals surface area contributed by atoms with Gasteiger partial charge in [-0.3, -0.25) is 4.79 Å². The SMILES string of the molecule is COc1ccc(CCCC(=O)NC(C)(CN)C(C)C)cc1.Cl. The topological polar surface area (TPSA) is 64.3 Å². The van der Waals surface area contributed by atoms with Crippen LogP contribution in [0.25, 0.3) is 0 Å². The van der Waals surface area contributed by atoms with Crippen LogP contribution in [0, 0.1) is 5.92 Å². The first-order valence-electron chi connectivity index (χ1n) is 7.55. The predicted molar refractivity (Wildman–Crippen MR) is 93.6 cm³/mol. The van der Waals surface area contributed by atoms with Crippen LogP contribution in [0.1, 0.15) is 39.2 Å². The monoisotopic (exact) mass is 328 g/mol. The van der Waals surface area contributed by atoms with Crippen LogP contribution in [0.15, 0.2) is 24.3 Å². The maximum Gasteiger partial charge on any atom is 0.220 e. The van der Waals surface area contributed by atoms with Crippen molar-refractivity contribution in [3.8, 4) is 5.75 Å². The van der Waals surface area contributed by atoms with Crippen molar-refractivity contribution in [2.24, 2.45) is 11.7 Å². The van der Waals surface area contributed by atoms with Crippen LogP contribution in [0.2, 0.25) is 0 Å². The molecule has 1 aromatic carbocycles. The zero-order valence-electron chi connectivity index (χ0n) is 14.0. The maximum atomic E-state index is 12.0. The first-order valence-corrected chi connectivity index (χ1v) is 7.55. The highest BCUT2D eigenvalue weighted by Crippen LogP contribution is 2.16. The lowest BCUT2D eigenvalue weighted by molar-refractivity contribution is -0.123. The summed E-state index contributed by atoms with van der Waals surface area (Å²) in [6.45, 7) is 6.60. The number of hydrogen-bond donors (Lipinski definition) is 2. The minimum atomic E-state index is -0.322. The molecule has 1 unspecified atom stereocenters. The third-order valence-corrected chi connectivity index (χ3v) is 4.15. The number of rotatable bonds is 8. The molecule has 0 aliphatic carbocycles. The summed E-state index contributed by atoms with van der Waals surface area (Å²) in [4.78, 5) is 12.0. The minimum absolute atomic E-state index is 0. The Morgan fingerprint density at radius 2 is 1.91 bits per heavy atom. The Hall–Kier alpha value is -1.26. The standard InChI is InChI=1S/C17H28N2O2.ClH/c1-13(2)17(3,12-18)19-16(20)7-5-6-14-8-10-15(21-4)11-9-14;/h8-11,13H,5-7,12,18H2,1-4H3,(H,19,20);1H. The van der Waals surface area contributed by atoms with Gasteiger partial charge in [0.1, 0.15) is 5.75 Å². The molecule has 22 heavy (non-hydrogen) atoms. The first-order chi connectivity index (χ1) is 9.91. The molecule has 0 bridgehead atoms. The molecular formula is C17H29ClN2O2. The van der Waals surface area contributed by atoms with E-state index in [9.17, 15) is 4.79 Å². The normalized spacial score (nSPS) is 13.2. The van der Waals surface area contributed by atoms with Crippen molar-refractivity contribution in [1.82, 2.24) is 5.32 Å². The largest absolute Gasteiger partial charge is 0.497 e. The molecule has 0 aliphatic rings. The zero-order chi connectivity index (χ0) is 15.9. The van der Waals surface area contributed by atoms with Crippen molar-refractivity contribution >= 4 is 18.3 Å². The van der Waals surface area contributed by atoms with E-state index in [1.165, 1.54) is 5.56 Å². The van der Waals surface area contributed by atoms with Crippen LogP contribution in [-0.2, 0) is 11.2 Å². The van der Waals surface area contributed by atoms with Crippen molar-refractivity contribution in [1.29, 1.82) is 0 Å². The Morgan fingerprint density at radius 1 is 1.32 bits per heavy atom. The van der Waals surface area contributed by atoms with E-state index in [4.69, 9.17) is 10.5 Å². The van der Waals surface area contributed by atoms with Gasteiger partial charge < -0.3 is 15.8 Å². The van der Waals surface area contributed by atoms with E-state index in [2.05, 4.69) is 19.2 Å². The number of carbonyl (C=O) groups is 1. The van der Waals surface area contributed by atoms with Gasteiger partial charge in [-0.15, -0.1) is 12.4 Å². The molecule has 0 saturated carbocycles. The summed E-state index contributed by atoms with van der Waals surface area (Å²) in [5.74, 6) is 1.24. The first kappa shape index (κ1) is 20.7. The predicted octanol–water partition coefficient (Wildman–Crippen LogP) is 2.93. The van der Waals surface area contributed by atoms with E-state index >= 15 is 0 Å². The van der Waals surface area contributed by atoms with E-state index in [0.717, 1.165) is 18.6 Å². The van der Waals surface area contributed by atoms with E-state index in [1.807, 2.05) is 31.2 Å². The van der Waals surface area contributed by atoms with Gasteiger partial charge in [-0.25, -0.2) is 0 Å². The average Bonchev–Trinajstić information content (AvgIpc) is 2.47. The van der Waals surface area contributed by atoms with Gasteiger partial charge >= 0.3 is 0 Å². The number of halogens is 1. The molecule has 1 rings (SSSR count). The Labute approximate surface area is 140 Å². The lowest BCUT2D eigenvalue weighted by Gasteiger charge is -2.33. The minimum Gasteiger partial charge on any atom is -0.497 e. The van der Waals surface area contributed by atoms with Crippen molar-refractivity contribution in [3.63, 3.8) is 0 Å². The highest BCUT2D eigenvalue weighted by Gasteiger charge is 2.28. The number of methoxy groups -OCH3 is 1. The summed E-state index contributed by atoms with van der Waals surface area (Å²) in [5.41, 5.74) is 6.67. The average molecular weight is 329 g/mol. The number of benzene rings is 1. The Kier molecular flexibility index (Phi) is 9.14. The van der Waals surface area contributed by atoms with Gasteiger partial charge in [-0.05, 0) is 43.4 Å². The molecule has 0 radical (unpaired) electrons. The number of amides is 1. The maximum absolute atomic E-state index is 12.0. The van der Waals surface area contributed by atoms with Gasteiger partial charge in [0.15, 0.2) is 0 Å². The molecule has 5 heteroatoms. The highest BCUT2D eigenvalue weighted by molar-refractivity contribution is 5.85. The second-order valence-electron chi connectivity index (χ2n) is 6.03. The molecule has 0 heterocycles. The molecule has 4 nitrogen and oxygen atoms in total. The van der Waals surface area contributed by atoms with Gasteiger partial charge in [-0.2, -0.15) is 0 Å². The van der Waals surface area contributed by atoms with E-state index in [-0.39, 0.29) is 23.9 Å². The Morgan fingerprint density at radius 3 is 2.36 bits per heavy atom. The van der Waals surface area contributed by atoms with Crippen LogP contribution in [0.3, 0.4) is 0 Å². The second-order valence-corrected chi connectivity index (χ2v) is 6.03. The molecule has 3 N–H and O–H groups in total. The highest BCUT2D eigenvalue weighted by atomic mass is 35.5. The smallest absolute Gasteiger partial charge is 0.220 e. The third kappa shape index (κ3) is 6.24. The van der Waals surface area contributed by atoms with Crippen LogP contribution >= 0.6 is 12.4 Å². The molecule has 0 aliphatic heterocycles. The summed E-state index contributed by atoms with van der Waals surface area (Å²) in [6, 6.07) is 7.96. The number of carbonyl (C=O) groups excluding carboxylic acids is 1. The Balaban J connectivity index is 0.00000441. The number of ether oxygens (including phenoxy) is 1. The fourth-order valence-electron chi connectivity index (χ4n) is 2.06. The Bertz CT molecular complexity index is 448. The summed E-state index contributed by atoms with van der Waals surface area (Å²) in [7, 11) is 1.66. The van der Waals surface area contributed by atoms with Crippen LogP contribution in [-0.4, -0.2) is 25.1 Å². The summed E-state index contributed by atoms with van der Waals surface area (Å²) in [6.07, 6.45) is 2.24. The molecule has 0 aromatic heterocycles. The molecular weight excluding hydrogens is 300 g/mol. The quantitative estimate of drug-likeness (QED) is 0.771. The van der Waals surface area contributed by atoms with Crippen LogP contribution in [0.5, 0.6) is 5.75 Å². The van der Waals surface area contributed by atoms with E-state index in [0.29, 0.717) is 18.9 Å². The molecule has 0 fully saturated rings. The van der Waals surface area contributed by atoms with Crippen molar-refractivity contribution in [3.05, 3.63) is 29.8 Å². The number of aryl methyl sites for hydroxylation is 1. The zero-order valence-corrected chi connectivity index (χ0v) is 14.8. The van der Waals surface area contributed by atoms with Gasteiger partial charge in [-0.1, -0.05) is 26.0 Å².